The lowest BCUT2D eigenvalue weighted by Gasteiger charge is -2.07. The second-order valence-electron chi connectivity index (χ2n) is 10.1. The average Bonchev–Trinajstić information content (AvgIpc) is 3.32. The van der Waals surface area contributed by atoms with Gasteiger partial charge in [0.2, 0.25) is 0 Å². The van der Waals surface area contributed by atoms with Crippen molar-refractivity contribution in [3.63, 3.8) is 0 Å². The Hall–Kier alpha value is 1.10. The van der Waals surface area contributed by atoms with Crippen LogP contribution in [0.5, 0.6) is 0 Å². The topological polar surface area (TPSA) is 54.6 Å². The Labute approximate surface area is 207 Å². The van der Waals surface area contributed by atoms with Crippen molar-refractivity contribution in [2.45, 2.75) is 104 Å². The highest BCUT2D eigenvalue weighted by atomic mass is 28.4. The van der Waals surface area contributed by atoms with Gasteiger partial charge >= 0.3 is 0 Å². The van der Waals surface area contributed by atoms with Gasteiger partial charge in [-0.1, -0.05) is 78.6 Å². The van der Waals surface area contributed by atoms with E-state index in [1.165, 1.54) is 25.7 Å². The Kier molecular flexibility index (Phi) is 32.3. The van der Waals surface area contributed by atoms with Crippen LogP contribution in [-0.2, 0) is 9.47 Å². The van der Waals surface area contributed by atoms with E-state index in [1.54, 1.807) is 0 Å². The summed E-state index contributed by atoms with van der Waals surface area (Å²) >= 11 is 0. The van der Waals surface area contributed by atoms with Gasteiger partial charge in [0.05, 0.1) is 53.7 Å². The van der Waals surface area contributed by atoms with E-state index in [9.17, 15) is 0 Å². The minimum Gasteiger partial charge on any atom is -0.381 e. The van der Waals surface area contributed by atoms with Crippen molar-refractivity contribution in [2.24, 2.45) is 0 Å². The second kappa shape index (κ2) is 27.3. The van der Waals surface area contributed by atoms with Gasteiger partial charge < -0.3 is 23.4 Å². The highest BCUT2D eigenvalue weighted by Crippen LogP contribution is 1.98. The highest BCUT2D eigenvalue weighted by molar-refractivity contribution is 6.71. The van der Waals surface area contributed by atoms with Crippen LogP contribution in [0.3, 0.4) is 0 Å². The van der Waals surface area contributed by atoms with Gasteiger partial charge in [-0.2, -0.15) is 0 Å². The van der Waals surface area contributed by atoms with E-state index in [2.05, 4.69) is 92.5 Å². The van der Waals surface area contributed by atoms with Gasteiger partial charge in [0, 0.05) is 26.4 Å². The van der Waals surface area contributed by atoms with Crippen LogP contribution in [0.1, 0.15) is 25.7 Å². The van der Waals surface area contributed by atoms with Crippen LogP contribution in [0.25, 0.3) is 0 Å². The fraction of sp³-hybridized carbons (Fsp3) is 1.00. The zero-order valence-corrected chi connectivity index (χ0v) is 30.4. The van der Waals surface area contributed by atoms with E-state index in [0.717, 1.165) is 26.4 Å². The van der Waals surface area contributed by atoms with Gasteiger partial charge in [0.25, 0.3) is 0 Å². The largest absolute Gasteiger partial charge is 0.381 e. The van der Waals surface area contributed by atoms with Crippen LogP contribution in [0, 0.1) is 0 Å². The Bertz CT molecular complexity index is 256. The number of nitrogens with one attached hydrogen (secondary N) is 3. The van der Waals surface area contributed by atoms with E-state index in [4.69, 9.17) is 9.47 Å². The van der Waals surface area contributed by atoms with Crippen LogP contribution in [0.15, 0.2) is 0 Å². The fourth-order valence-electron chi connectivity index (χ4n) is 3.02. The lowest BCUT2D eigenvalue weighted by atomic mass is 10.4. The molecule has 0 aromatic rings. The van der Waals surface area contributed by atoms with Crippen LogP contribution >= 0.6 is 0 Å². The molecule has 2 aliphatic rings. The Balaban J connectivity index is -0.000000318. The predicted molar refractivity (Wildman–Crippen MR) is 163 cm³/mol. The van der Waals surface area contributed by atoms with Gasteiger partial charge in [-0.3, -0.25) is 0 Å². The highest BCUT2D eigenvalue weighted by Gasteiger charge is 1.98. The molecule has 5 nitrogen and oxygen atoms in total. The van der Waals surface area contributed by atoms with Crippen molar-refractivity contribution in [1.82, 2.24) is 13.9 Å². The minimum absolute atomic E-state index is 0.417. The molecule has 0 spiro atoms. The first-order chi connectivity index (χ1) is 14.4. The van der Waals surface area contributed by atoms with Crippen molar-refractivity contribution in [3.8, 4) is 0 Å². The lowest BCUT2D eigenvalue weighted by molar-refractivity contribution is 0.198. The molecule has 3 N–H and O–H groups in total. The van der Waals surface area contributed by atoms with E-state index >= 15 is 0 Å². The lowest BCUT2D eigenvalue weighted by Crippen LogP contribution is -2.36. The third kappa shape index (κ3) is 49.4. The molecular weight excluding hydrogens is 483 g/mol. The second-order valence-corrected chi connectivity index (χ2v) is 27.9. The first kappa shape index (κ1) is 36.7. The summed E-state index contributed by atoms with van der Waals surface area (Å²) in [5, 5.41) is 0. The summed E-state index contributed by atoms with van der Waals surface area (Å²) in [5.74, 6) is 0. The van der Waals surface area contributed by atoms with Crippen molar-refractivity contribution in [1.29, 1.82) is 0 Å². The molecule has 0 unspecified atom stereocenters. The van der Waals surface area contributed by atoms with E-state index in [1.807, 2.05) is 0 Å². The van der Waals surface area contributed by atoms with Crippen LogP contribution in [0.2, 0.25) is 78.6 Å². The summed E-state index contributed by atoms with van der Waals surface area (Å²) in [6.45, 7) is 31.9. The number of hydrogen-bond acceptors (Lipinski definition) is 5. The predicted octanol–water partition coefficient (Wildman–Crippen LogP) is 3.22. The van der Waals surface area contributed by atoms with Crippen molar-refractivity contribution in [3.05, 3.63) is 0 Å². The molecule has 0 saturated carbocycles. The SMILES string of the molecule is C1CCOC1.C1CCOC1.C[SiH](C)N[SiH](C)C.C[SiH](C)N[SiH](C)C.C[SiH](C)N[SiH](C)C. The third-order valence-corrected chi connectivity index (χ3v) is 19.7. The summed E-state index contributed by atoms with van der Waals surface area (Å²) < 4.78 is 20.6. The molecular formula is C20H61N3O2Si6. The third-order valence-electron chi connectivity index (χ3n) is 3.65. The Morgan fingerprint density at radius 1 is 0.355 bits per heavy atom. The molecule has 2 saturated heterocycles. The summed E-state index contributed by atoms with van der Waals surface area (Å²) in [5.41, 5.74) is 0. The average molecular weight is 544 g/mol. The van der Waals surface area contributed by atoms with Gasteiger partial charge in [-0.25, -0.2) is 0 Å². The van der Waals surface area contributed by atoms with Crippen molar-refractivity contribution >= 4 is 53.7 Å². The molecule has 0 radical (unpaired) electrons. The maximum atomic E-state index is 4.94. The number of ether oxygens (including phenoxy) is 2. The van der Waals surface area contributed by atoms with Crippen LogP contribution in [-0.4, -0.2) is 80.2 Å². The molecule has 0 amide bonds. The van der Waals surface area contributed by atoms with Gasteiger partial charge in [0.15, 0.2) is 0 Å². The smallest absolute Gasteiger partial charge is 0.0953 e. The molecule has 11 heteroatoms. The molecule has 31 heavy (non-hydrogen) atoms. The van der Waals surface area contributed by atoms with Crippen molar-refractivity contribution < 1.29 is 9.47 Å². The summed E-state index contributed by atoms with van der Waals surface area (Å²) in [6, 6.07) is 0. The maximum Gasteiger partial charge on any atom is 0.0953 e. The minimum atomic E-state index is -0.417. The zero-order valence-electron chi connectivity index (χ0n) is 23.4. The molecule has 0 bridgehead atoms. The monoisotopic (exact) mass is 543 g/mol. The first-order valence-corrected chi connectivity index (χ1v) is 30.1. The molecule has 2 heterocycles. The molecule has 0 aromatic carbocycles. The van der Waals surface area contributed by atoms with E-state index < -0.39 is 53.7 Å². The quantitative estimate of drug-likeness (QED) is 0.449. The molecule has 2 aliphatic heterocycles. The van der Waals surface area contributed by atoms with Gasteiger partial charge in [-0.05, 0) is 25.7 Å². The molecule has 0 atom stereocenters. The standard InChI is InChI=1S/3C4H15NSi2.2C4H8O/c3*1-6(2)5-7(3)4;2*1-2-4-5-3-1/h3*5-7H,1-4H3;2*1-4H2. The molecule has 2 rings (SSSR count). The summed E-state index contributed by atoms with van der Waals surface area (Å²) in [7, 11) is -2.50. The molecule has 2 fully saturated rings. The normalized spacial score (nSPS) is 15.3. The Morgan fingerprint density at radius 2 is 0.516 bits per heavy atom. The summed E-state index contributed by atoms with van der Waals surface area (Å²) in [6.07, 6.45) is 5.11. The first-order valence-electron chi connectivity index (χ1n) is 12.8. The van der Waals surface area contributed by atoms with Crippen molar-refractivity contribution in [2.75, 3.05) is 26.4 Å². The molecule has 192 valence electrons. The van der Waals surface area contributed by atoms with Crippen LogP contribution in [0.4, 0.5) is 0 Å². The maximum absolute atomic E-state index is 4.94. The Morgan fingerprint density at radius 3 is 0.548 bits per heavy atom. The fourth-order valence-corrected chi connectivity index (χ4v) is 19.0. The van der Waals surface area contributed by atoms with E-state index in [-0.39, 0.29) is 0 Å². The van der Waals surface area contributed by atoms with Gasteiger partial charge in [0.1, 0.15) is 0 Å². The van der Waals surface area contributed by atoms with Gasteiger partial charge in [-0.15, -0.1) is 0 Å². The number of hydrogen-bond donors (Lipinski definition) is 3. The summed E-state index contributed by atoms with van der Waals surface area (Å²) in [4.78, 5) is 0. The molecule has 0 aromatic heterocycles. The van der Waals surface area contributed by atoms with E-state index in [0.29, 0.717) is 0 Å². The zero-order chi connectivity index (χ0) is 24.7. The van der Waals surface area contributed by atoms with Crippen LogP contribution < -0.4 is 13.9 Å². The number of rotatable bonds is 6. The molecule has 0 aliphatic carbocycles.